The van der Waals surface area contributed by atoms with E-state index in [2.05, 4.69) is 15.9 Å². The van der Waals surface area contributed by atoms with Gasteiger partial charge >= 0.3 is 5.97 Å². The highest BCUT2D eigenvalue weighted by atomic mass is 79.9. The molecular formula is C18H17BrO5. The van der Waals surface area contributed by atoms with Crippen molar-refractivity contribution in [3.8, 4) is 17.2 Å². The summed E-state index contributed by atoms with van der Waals surface area (Å²) >= 11 is 3.40. The fraction of sp³-hybridized carbons (Fsp3) is 0.167. The van der Waals surface area contributed by atoms with Crippen molar-refractivity contribution >= 4 is 33.5 Å². The average molecular weight is 393 g/mol. The summed E-state index contributed by atoms with van der Waals surface area (Å²) in [4.78, 5) is 11.8. The highest BCUT2D eigenvalue weighted by Gasteiger charge is 2.18. The van der Waals surface area contributed by atoms with Gasteiger partial charge in [-0.15, -0.1) is 0 Å². The molecule has 24 heavy (non-hydrogen) atoms. The van der Waals surface area contributed by atoms with Crippen LogP contribution in [-0.4, -0.2) is 32.4 Å². The van der Waals surface area contributed by atoms with Crippen molar-refractivity contribution in [2.24, 2.45) is 0 Å². The van der Waals surface area contributed by atoms with Gasteiger partial charge < -0.3 is 19.3 Å². The largest absolute Gasteiger partial charge is 0.496 e. The van der Waals surface area contributed by atoms with E-state index < -0.39 is 5.97 Å². The van der Waals surface area contributed by atoms with Crippen molar-refractivity contribution in [1.82, 2.24) is 0 Å². The molecule has 0 heterocycles. The molecule has 0 bridgehead atoms. The van der Waals surface area contributed by atoms with E-state index in [1.807, 2.05) is 12.1 Å². The Morgan fingerprint density at radius 2 is 1.58 bits per heavy atom. The number of hydrogen-bond donors (Lipinski definition) is 1. The van der Waals surface area contributed by atoms with Gasteiger partial charge in [0.25, 0.3) is 0 Å². The first-order chi connectivity index (χ1) is 11.5. The van der Waals surface area contributed by atoms with E-state index in [4.69, 9.17) is 14.2 Å². The summed E-state index contributed by atoms with van der Waals surface area (Å²) in [5.74, 6) is 0.486. The van der Waals surface area contributed by atoms with Crippen molar-refractivity contribution in [3.63, 3.8) is 0 Å². The third-order valence-electron chi connectivity index (χ3n) is 3.43. The van der Waals surface area contributed by atoms with E-state index in [1.54, 1.807) is 37.5 Å². The molecule has 2 rings (SSSR count). The maximum Gasteiger partial charge on any atom is 0.336 e. The molecule has 0 spiro atoms. The number of carboxylic acid groups (broad SMARTS) is 1. The van der Waals surface area contributed by atoms with Crippen molar-refractivity contribution in [1.29, 1.82) is 0 Å². The van der Waals surface area contributed by atoms with E-state index in [1.165, 1.54) is 14.2 Å². The highest BCUT2D eigenvalue weighted by Crippen LogP contribution is 2.37. The lowest BCUT2D eigenvalue weighted by atomic mass is 10.0. The number of para-hydroxylation sites is 1. The van der Waals surface area contributed by atoms with Gasteiger partial charge in [-0.25, -0.2) is 4.79 Å². The number of aliphatic carboxylic acids is 1. The number of rotatable bonds is 6. The van der Waals surface area contributed by atoms with Crippen LogP contribution in [0.25, 0.3) is 11.6 Å². The first-order valence-corrected chi connectivity index (χ1v) is 7.81. The summed E-state index contributed by atoms with van der Waals surface area (Å²) in [6, 6.07) is 10.5. The summed E-state index contributed by atoms with van der Waals surface area (Å²) < 4.78 is 16.4. The zero-order chi connectivity index (χ0) is 17.7. The Bertz CT molecular complexity index is 783. The lowest BCUT2D eigenvalue weighted by molar-refractivity contribution is -0.130. The van der Waals surface area contributed by atoms with E-state index >= 15 is 0 Å². The van der Waals surface area contributed by atoms with Gasteiger partial charge in [-0.3, -0.25) is 0 Å². The maximum atomic E-state index is 11.8. The van der Waals surface area contributed by atoms with Crippen molar-refractivity contribution in [2.45, 2.75) is 0 Å². The quantitative estimate of drug-likeness (QED) is 0.592. The zero-order valence-electron chi connectivity index (χ0n) is 13.5. The molecule has 0 aliphatic heterocycles. The average Bonchev–Trinajstić information content (AvgIpc) is 2.59. The van der Waals surface area contributed by atoms with Gasteiger partial charge in [0.2, 0.25) is 0 Å². The van der Waals surface area contributed by atoms with Crippen LogP contribution in [-0.2, 0) is 4.79 Å². The third kappa shape index (κ3) is 3.71. The first-order valence-electron chi connectivity index (χ1n) is 7.01. The van der Waals surface area contributed by atoms with Crippen LogP contribution < -0.4 is 14.2 Å². The zero-order valence-corrected chi connectivity index (χ0v) is 15.1. The minimum absolute atomic E-state index is 0.104. The van der Waals surface area contributed by atoms with E-state index in [-0.39, 0.29) is 5.57 Å². The number of carbonyl (C=O) groups is 1. The second-order valence-electron chi connectivity index (χ2n) is 4.79. The maximum absolute atomic E-state index is 11.8. The fourth-order valence-corrected chi connectivity index (χ4v) is 2.79. The van der Waals surface area contributed by atoms with E-state index in [0.717, 1.165) is 0 Å². The molecule has 0 saturated carbocycles. The second kappa shape index (κ2) is 7.88. The third-order valence-corrected chi connectivity index (χ3v) is 4.09. The van der Waals surface area contributed by atoms with Crippen LogP contribution in [0.1, 0.15) is 11.1 Å². The molecule has 0 fully saturated rings. The monoisotopic (exact) mass is 392 g/mol. The Labute approximate surface area is 148 Å². The molecule has 0 aliphatic rings. The number of hydrogen-bond acceptors (Lipinski definition) is 4. The van der Waals surface area contributed by atoms with Crippen LogP contribution in [0.3, 0.4) is 0 Å². The van der Waals surface area contributed by atoms with Gasteiger partial charge in [0, 0.05) is 15.6 Å². The van der Waals surface area contributed by atoms with Crippen LogP contribution in [0.5, 0.6) is 17.2 Å². The Morgan fingerprint density at radius 3 is 2.17 bits per heavy atom. The SMILES string of the molecule is COc1ccccc1/C=C(/C(=O)O)c1cc(OC)c(OC)cc1Br. The number of carboxylic acids is 1. The van der Waals surface area contributed by atoms with Gasteiger partial charge in [0.1, 0.15) is 5.75 Å². The normalized spacial score (nSPS) is 11.1. The van der Waals surface area contributed by atoms with Crippen LogP contribution in [0.2, 0.25) is 0 Å². The minimum Gasteiger partial charge on any atom is -0.496 e. The lowest BCUT2D eigenvalue weighted by Crippen LogP contribution is -2.02. The van der Waals surface area contributed by atoms with Gasteiger partial charge in [-0.05, 0) is 24.3 Å². The number of methoxy groups -OCH3 is 3. The molecule has 0 atom stereocenters. The fourth-order valence-electron chi connectivity index (χ4n) is 2.26. The van der Waals surface area contributed by atoms with Gasteiger partial charge in [-0.1, -0.05) is 34.1 Å². The molecule has 0 radical (unpaired) electrons. The Balaban J connectivity index is 2.64. The molecule has 6 heteroatoms. The lowest BCUT2D eigenvalue weighted by Gasteiger charge is -2.13. The summed E-state index contributed by atoms with van der Waals surface area (Å²) in [6.07, 6.45) is 1.56. The Morgan fingerprint density at radius 1 is 1.00 bits per heavy atom. The van der Waals surface area contributed by atoms with Gasteiger partial charge in [0.05, 0.1) is 26.9 Å². The molecule has 0 aromatic heterocycles. The van der Waals surface area contributed by atoms with E-state index in [9.17, 15) is 9.90 Å². The predicted molar refractivity (Wildman–Crippen MR) is 95.7 cm³/mol. The molecule has 0 amide bonds. The van der Waals surface area contributed by atoms with Crippen LogP contribution in [0, 0.1) is 0 Å². The molecular weight excluding hydrogens is 376 g/mol. The topological polar surface area (TPSA) is 65.0 Å². The van der Waals surface area contributed by atoms with Gasteiger partial charge in [-0.2, -0.15) is 0 Å². The number of ether oxygens (including phenoxy) is 3. The molecule has 2 aromatic carbocycles. The Hall–Kier alpha value is -2.47. The van der Waals surface area contributed by atoms with Crippen molar-refractivity contribution in [2.75, 3.05) is 21.3 Å². The first kappa shape index (κ1) is 17.9. The summed E-state index contributed by atoms with van der Waals surface area (Å²) in [7, 11) is 4.56. The van der Waals surface area contributed by atoms with E-state index in [0.29, 0.717) is 32.8 Å². The smallest absolute Gasteiger partial charge is 0.336 e. The molecule has 2 aromatic rings. The van der Waals surface area contributed by atoms with Crippen molar-refractivity contribution in [3.05, 3.63) is 52.0 Å². The van der Waals surface area contributed by atoms with Crippen molar-refractivity contribution < 1.29 is 24.1 Å². The standard InChI is InChI=1S/C18H17BrO5/c1-22-15-7-5-4-6-11(15)8-13(18(20)21)12-9-16(23-2)17(24-3)10-14(12)19/h4-10H,1-3H3,(H,20,21)/b13-8+. The molecule has 126 valence electrons. The summed E-state index contributed by atoms with van der Waals surface area (Å²) in [5, 5.41) is 9.66. The number of benzene rings is 2. The molecule has 1 N–H and O–H groups in total. The second-order valence-corrected chi connectivity index (χ2v) is 5.65. The summed E-state index contributed by atoms with van der Waals surface area (Å²) in [5.41, 5.74) is 1.25. The molecule has 0 unspecified atom stereocenters. The van der Waals surface area contributed by atoms with Crippen LogP contribution >= 0.6 is 15.9 Å². The van der Waals surface area contributed by atoms with Crippen LogP contribution in [0.4, 0.5) is 0 Å². The highest BCUT2D eigenvalue weighted by molar-refractivity contribution is 9.10. The molecule has 5 nitrogen and oxygen atoms in total. The van der Waals surface area contributed by atoms with Crippen LogP contribution in [0.15, 0.2) is 40.9 Å². The number of halogens is 1. The molecule has 0 saturated heterocycles. The summed E-state index contributed by atoms with van der Waals surface area (Å²) in [6.45, 7) is 0. The predicted octanol–water partition coefficient (Wildman–Crippen LogP) is 4.10. The minimum atomic E-state index is -1.06. The Kier molecular flexibility index (Phi) is 5.87. The molecule has 0 aliphatic carbocycles. The van der Waals surface area contributed by atoms with Gasteiger partial charge in [0.15, 0.2) is 11.5 Å².